The molecular formula is C13H8BrClN2O. The monoisotopic (exact) mass is 322 g/mol. The highest BCUT2D eigenvalue weighted by Crippen LogP contribution is 2.34. The second kappa shape index (κ2) is 4.30. The van der Waals surface area contributed by atoms with Crippen LogP contribution in [0.15, 0.2) is 45.3 Å². The molecule has 3 rings (SSSR count). The molecule has 0 atom stereocenters. The van der Waals surface area contributed by atoms with Crippen LogP contribution >= 0.6 is 27.5 Å². The highest BCUT2D eigenvalue weighted by molar-refractivity contribution is 9.10. The van der Waals surface area contributed by atoms with E-state index in [1.165, 1.54) is 0 Å². The van der Waals surface area contributed by atoms with E-state index in [4.69, 9.17) is 21.8 Å². The fraction of sp³-hybridized carbons (Fsp3) is 0. The van der Waals surface area contributed by atoms with Crippen molar-refractivity contribution in [3.8, 4) is 11.5 Å². The van der Waals surface area contributed by atoms with E-state index in [-0.39, 0.29) is 0 Å². The van der Waals surface area contributed by atoms with Gasteiger partial charge in [-0.2, -0.15) is 0 Å². The van der Waals surface area contributed by atoms with Gasteiger partial charge in [0.2, 0.25) is 5.89 Å². The number of hydrogen-bond acceptors (Lipinski definition) is 3. The predicted octanol–water partition coefficient (Wildman–Crippen LogP) is 4.49. The van der Waals surface area contributed by atoms with Gasteiger partial charge < -0.3 is 10.2 Å². The molecule has 0 unspecified atom stereocenters. The summed E-state index contributed by atoms with van der Waals surface area (Å²) in [6.07, 6.45) is 0. The Balaban J connectivity index is 2.26. The molecule has 0 aliphatic heterocycles. The van der Waals surface area contributed by atoms with E-state index in [1.807, 2.05) is 18.2 Å². The first-order valence-electron chi connectivity index (χ1n) is 5.25. The van der Waals surface area contributed by atoms with Gasteiger partial charge in [-0.15, -0.1) is 0 Å². The van der Waals surface area contributed by atoms with E-state index < -0.39 is 0 Å². The van der Waals surface area contributed by atoms with E-state index in [9.17, 15) is 0 Å². The SMILES string of the molecule is Nc1cccc(Cl)c1-c1nc2cc(Br)ccc2o1. The number of aromatic nitrogens is 1. The minimum absolute atomic E-state index is 0.436. The maximum atomic E-state index is 6.13. The van der Waals surface area contributed by atoms with Crippen molar-refractivity contribution in [3.05, 3.63) is 45.9 Å². The zero-order valence-corrected chi connectivity index (χ0v) is 11.5. The minimum Gasteiger partial charge on any atom is -0.436 e. The summed E-state index contributed by atoms with van der Waals surface area (Å²) in [6, 6.07) is 11.0. The van der Waals surface area contributed by atoms with Gasteiger partial charge in [-0.05, 0) is 30.3 Å². The van der Waals surface area contributed by atoms with Crippen molar-refractivity contribution in [1.29, 1.82) is 0 Å². The summed E-state index contributed by atoms with van der Waals surface area (Å²) < 4.78 is 6.62. The van der Waals surface area contributed by atoms with Crippen LogP contribution in [0, 0.1) is 0 Å². The van der Waals surface area contributed by atoms with Gasteiger partial charge in [-0.25, -0.2) is 4.98 Å². The van der Waals surface area contributed by atoms with Crippen molar-refractivity contribution in [2.45, 2.75) is 0 Å². The van der Waals surface area contributed by atoms with Crippen molar-refractivity contribution in [3.63, 3.8) is 0 Å². The summed E-state index contributed by atoms with van der Waals surface area (Å²) in [6.45, 7) is 0. The standard InChI is InChI=1S/C13H8BrClN2O/c14-7-4-5-11-10(6-7)17-13(18-11)12-8(15)2-1-3-9(12)16/h1-6H,16H2. The van der Waals surface area contributed by atoms with E-state index in [1.54, 1.807) is 18.2 Å². The number of fused-ring (bicyclic) bond motifs is 1. The largest absolute Gasteiger partial charge is 0.436 e. The van der Waals surface area contributed by atoms with E-state index in [2.05, 4.69) is 20.9 Å². The summed E-state index contributed by atoms with van der Waals surface area (Å²) in [7, 11) is 0. The Morgan fingerprint density at radius 3 is 2.83 bits per heavy atom. The van der Waals surface area contributed by atoms with Crippen LogP contribution < -0.4 is 5.73 Å². The second-order valence-electron chi connectivity index (χ2n) is 3.84. The van der Waals surface area contributed by atoms with Gasteiger partial charge in [0.05, 0.1) is 10.6 Å². The molecule has 0 fully saturated rings. The average molecular weight is 324 g/mol. The molecule has 0 saturated heterocycles. The van der Waals surface area contributed by atoms with Crippen LogP contribution in [0.3, 0.4) is 0 Å². The quantitative estimate of drug-likeness (QED) is 0.671. The summed E-state index contributed by atoms with van der Waals surface area (Å²) >= 11 is 9.53. The zero-order chi connectivity index (χ0) is 12.7. The number of benzene rings is 2. The van der Waals surface area contributed by atoms with Crippen LogP contribution in [0.2, 0.25) is 5.02 Å². The fourth-order valence-electron chi connectivity index (χ4n) is 1.77. The number of hydrogen-bond donors (Lipinski definition) is 1. The average Bonchev–Trinajstić information content (AvgIpc) is 2.71. The lowest BCUT2D eigenvalue weighted by Crippen LogP contribution is -1.90. The molecule has 0 amide bonds. The fourth-order valence-corrected chi connectivity index (χ4v) is 2.39. The van der Waals surface area contributed by atoms with Crippen molar-refractivity contribution in [2.75, 3.05) is 5.73 Å². The lowest BCUT2D eigenvalue weighted by atomic mass is 10.2. The maximum absolute atomic E-state index is 6.13. The smallest absolute Gasteiger partial charge is 0.230 e. The number of rotatable bonds is 1. The second-order valence-corrected chi connectivity index (χ2v) is 5.16. The van der Waals surface area contributed by atoms with E-state index in [0.29, 0.717) is 27.7 Å². The molecule has 3 nitrogen and oxygen atoms in total. The Labute approximate surface area is 117 Å². The molecule has 2 aromatic carbocycles. The summed E-state index contributed by atoms with van der Waals surface area (Å²) in [4.78, 5) is 4.40. The molecular weight excluding hydrogens is 316 g/mol. The first-order valence-corrected chi connectivity index (χ1v) is 6.43. The van der Waals surface area contributed by atoms with Gasteiger partial charge in [0.15, 0.2) is 5.58 Å². The van der Waals surface area contributed by atoms with Crippen LogP contribution in [-0.2, 0) is 0 Å². The van der Waals surface area contributed by atoms with Crippen molar-refractivity contribution in [1.82, 2.24) is 4.98 Å². The van der Waals surface area contributed by atoms with E-state index in [0.717, 1.165) is 9.99 Å². The molecule has 0 spiro atoms. The summed E-state index contributed by atoms with van der Waals surface area (Å²) in [5, 5.41) is 0.528. The van der Waals surface area contributed by atoms with Gasteiger partial charge in [0, 0.05) is 10.2 Å². The van der Waals surface area contributed by atoms with Gasteiger partial charge in [-0.1, -0.05) is 33.6 Å². The molecule has 0 aliphatic rings. The van der Waals surface area contributed by atoms with E-state index >= 15 is 0 Å². The number of nitrogen functional groups attached to an aromatic ring is 1. The lowest BCUT2D eigenvalue weighted by Gasteiger charge is -2.02. The number of nitrogens with two attached hydrogens (primary N) is 1. The first kappa shape index (κ1) is 11.6. The molecule has 0 bridgehead atoms. The first-order chi connectivity index (χ1) is 8.65. The topological polar surface area (TPSA) is 52.0 Å². The summed E-state index contributed by atoms with van der Waals surface area (Å²) in [5.41, 5.74) is 8.56. The Kier molecular flexibility index (Phi) is 2.76. The third kappa shape index (κ3) is 1.87. The lowest BCUT2D eigenvalue weighted by molar-refractivity contribution is 0.620. The van der Waals surface area contributed by atoms with Gasteiger partial charge in [0.1, 0.15) is 5.52 Å². The van der Waals surface area contributed by atoms with Crippen molar-refractivity contribution >= 4 is 44.3 Å². The molecule has 2 N–H and O–H groups in total. The van der Waals surface area contributed by atoms with Gasteiger partial charge in [-0.3, -0.25) is 0 Å². The number of halogens is 2. The zero-order valence-electron chi connectivity index (χ0n) is 9.15. The molecule has 1 aromatic heterocycles. The third-order valence-corrected chi connectivity index (χ3v) is 3.42. The molecule has 5 heteroatoms. The van der Waals surface area contributed by atoms with Crippen LogP contribution in [-0.4, -0.2) is 4.98 Å². The van der Waals surface area contributed by atoms with Crippen molar-refractivity contribution in [2.24, 2.45) is 0 Å². The minimum atomic E-state index is 0.436. The Morgan fingerprint density at radius 2 is 2.06 bits per heavy atom. The molecule has 0 aliphatic carbocycles. The Bertz CT molecular complexity index is 719. The molecule has 18 heavy (non-hydrogen) atoms. The molecule has 0 saturated carbocycles. The molecule has 1 heterocycles. The number of oxazole rings is 1. The predicted molar refractivity (Wildman–Crippen MR) is 76.6 cm³/mol. The van der Waals surface area contributed by atoms with Gasteiger partial charge in [0.25, 0.3) is 0 Å². The van der Waals surface area contributed by atoms with Gasteiger partial charge >= 0.3 is 0 Å². The Morgan fingerprint density at radius 1 is 1.22 bits per heavy atom. The van der Waals surface area contributed by atoms with Crippen molar-refractivity contribution < 1.29 is 4.42 Å². The maximum Gasteiger partial charge on any atom is 0.230 e. The molecule has 3 aromatic rings. The number of nitrogens with zero attached hydrogens (tertiary/aromatic N) is 1. The highest BCUT2D eigenvalue weighted by atomic mass is 79.9. The number of anilines is 1. The summed E-state index contributed by atoms with van der Waals surface area (Å²) in [5.74, 6) is 0.436. The van der Waals surface area contributed by atoms with Crippen LogP contribution in [0.4, 0.5) is 5.69 Å². The highest BCUT2D eigenvalue weighted by Gasteiger charge is 2.14. The Hall–Kier alpha value is -1.52. The van der Waals surface area contributed by atoms with Crippen LogP contribution in [0.5, 0.6) is 0 Å². The molecule has 0 radical (unpaired) electrons. The third-order valence-electron chi connectivity index (χ3n) is 2.61. The van der Waals surface area contributed by atoms with Crippen LogP contribution in [0.25, 0.3) is 22.6 Å². The molecule has 90 valence electrons. The van der Waals surface area contributed by atoms with Crippen LogP contribution in [0.1, 0.15) is 0 Å². The normalized spacial score (nSPS) is 11.0.